The lowest BCUT2D eigenvalue weighted by molar-refractivity contribution is 0.102. The number of nitrogens with one attached hydrogen (secondary N) is 1. The number of ether oxygens (including phenoxy) is 1. The minimum Gasteiger partial charge on any atom is -0.487 e. The Morgan fingerprint density at radius 3 is 2.36 bits per heavy atom. The molecular weight excluding hydrogens is 460 g/mol. The minimum atomic E-state index is -3.73. The lowest BCUT2D eigenvalue weighted by Gasteiger charge is -2.19. The standard InChI is InChI=1S/C25H27ClN2O4S/c1-4-28(5-2)33(30,31)20-12-13-22(26)21(16-20)25(29)27-23-14-11-18(3)15-24(23)32-17-19-9-7-6-8-10-19/h6-16H,4-5,17H2,1-3H3,(H,27,29). The maximum Gasteiger partial charge on any atom is 0.257 e. The highest BCUT2D eigenvalue weighted by molar-refractivity contribution is 7.89. The van der Waals surface area contributed by atoms with Gasteiger partial charge in [-0.3, -0.25) is 4.79 Å². The molecule has 0 atom stereocenters. The van der Waals surface area contributed by atoms with E-state index in [9.17, 15) is 13.2 Å². The van der Waals surface area contributed by atoms with Crippen LogP contribution in [0.25, 0.3) is 0 Å². The highest BCUT2D eigenvalue weighted by Gasteiger charge is 2.24. The molecule has 3 aromatic carbocycles. The van der Waals surface area contributed by atoms with Crippen LogP contribution in [0.4, 0.5) is 5.69 Å². The second-order valence-electron chi connectivity index (χ2n) is 7.46. The van der Waals surface area contributed by atoms with E-state index in [0.717, 1.165) is 11.1 Å². The summed E-state index contributed by atoms with van der Waals surface area (Å²) in [6.45, 7) is 6.45. The normalized spacial score (nSPS) is 11.4. The number of carbonyl (C=O) groups excluding carboxylic acids is 1. The van der Waals surface area contributed by atoms with Crippen LogP contribution in [0.3, 0.4) is 0 Å². The van der Waals surface area contributed by atoms with Crippen molar-refractivity contribution in [1.29, 1.82) is 0 Å². The number of nitrogens with zero attached hydrogens (tertiary/aromatic N) is 1. The second-order valence-corrected chi connectivity index (χ2v) is 9.80. The van der Waals surface area contributed by atoms with E-state index in [1.807, 2.05) is 49.4 Å². The van der Waals surface area contributed by atoms with Crippen LogP contribution in [-0.4, -0.2) is 31.7 Å². The molecule has 0 aliphatic rings. The molecule has 0 aliphatic heterocycles. The molecule has 0 radical (unpaired) electrons. The van der Waals surface area contributed by atoms with Gasteiger partial charge in [-0.15, -0.1) is 0 Å². The van der Waals surface area contributed by atoms with Crippen molar-refractivity contribution in [2.45, 2.75) is 32.3 Å². The monoisotopic (exact) mass is 486 g/mol. The summed E-state index contributed by atoms with van der Waals surface area (Å²) in [7, 11) is -3.73. The maximum atomic E-state index is 13.1. The predicted molar refractivity (Wildman–Crippen MR) is 131 cm³/mol. The first-order valence-corrected chi connectivity index (χ1v) is 12.5. The average molecular weight is 487 g/mol. The Labute approximate surface area is 200 Å². The molecule has 0 fully saturated rings. The van der Waals surface area contributed by atoms with Gasteiger partial charge in [0.2, 0.25) is 10.0 Å². The molecule has 8 heteroatoms. The molecule has 0 unspecified atom stereocenters. The first-order chi connectivity index (χ1) is 15.8. The lowest BCUT2D eigenvalue weighted by Crippen LogP contribution is -2.30. The Morgan fingerprint density at radius 1 is 1.00 bits per heavy atom. The number of anilines is 1. The van der Waals surface area contributed by atoms with Crippen molar-refractivity contribution in [2.75, 3.05) is 18.4 Å². The number of rotatable bonds is 9. The van der Waals surface area contributed by atoms with Gasteiger partial charge in [0.05, 0.1) is 21.2 Å². The number of sulfonamides is 1. The number of benzene rings is 3. The number of hydrogen-bond acceptors (Lipinski definition) is 4. The molecule has 174 valence electrons. The van der Waals surface area contributed by atoms with Crippen molar-refractivity contribution < 1.29 is 17.9 Å². The number of amides is 1. The summed E-state index contributed by atoms with van der Waals surface area (Å²) in [4.78, 5) is 13.1. The zero-order valence-corrected chi connectivity index (χ0v) is 20.4. The summed E-state index contributed by atoms with van der Waals surface area (Å²) in [6.07, 6.45) is 0. The van der Waals surface area contributed by atoms with Gasteiger partial charge in [-0.1, -0.05) is 61.8 Å². The zero-order valence-electron chi connectivity index (χ0n) is 18.8. The van der Waals surface area contributed by atoms with Gasteiger partial charge in [-0.2, -0.15) is 4.31 Å². The van der Waals surface area contributed by atoms with Crippen molar-refractivity contribution >= 4 is 33.2 Å². The first-order valence-electron chi connectivity index (χ1n) is 10.6. The smallest absolute Gasteiger partial charge is 0.257 e. The fraction of sp³-hybridized carbons (Fsp3) is 0.240. The molecule has 3 aromatic rings. The number of halogens is 1. The van der Waals surface area contributed by atoms with Crippen molar-refractivity contribution in [1.82, 2.24) is 4.31 Å². The molecule has 0 saturated carbocycles. The van der Waals surface area contributed by atoms with Gasteiger partial charge >= 0.3 is 0 Å². The summed E-state index contributed by atoms with van der Waals surface area (Å²) >= 11 is 6.26. The molecule has 0 heterocycles. The molecule has 33 heavy (non-hydrogen) atoms. The summed E-state index contributed by atoms with van der Waals surface area (Å²) in [5, 5.41) is 2.97. The summed E-state index contributed by atoms with van der Waals surface area (Å²) in [5.41, 5.74) is 2.50. The van der Waals surface area contributed by atoms with E-state index in [4.69, 9.17) is 16.3 Å². The molecule has 0 aromatic heterocycles. The molecule has 3 rings (SSSR count). The second kappa shape index (κ2) is 10.8. The van der Waals surface area contributed by atoms with E-state index < -0.39 is 15.9 Å². The number of carbonyl (C=O) groups is 1. The molecule has 0 spiro atoms. The fourth-order valence-electron chi connectivity index (χ4n) is 3.33. The van der Waals surface area contributed by atoms with Crippen molar-refractivity contribution in [3.8, 4) is 5.75 Å². The molecule has 0 saturated heterocycles. The molecule has 1 N–H and O–H groups in total. The van der Waals surface area contributed by atoms with Crippen LogP contribution >= 0.6 is 11.6 Å². The van der Waals surface area contributed by atoms with Crippen LogP contribution in [0.5, 0.6) is 5.75 Å². The third-order valence-electron chi connectivity index (χ3n) is 5.15. The maximum absolute atomic E-state index is 13.1. The van der Waals surface area contributed by atoms with Gasteiger partial charge in [0.1, 0.15) is 12.4 Å². The molecular formula is C25H27ClN2O4S. The van der Waals surface area contributed by atoms with Crippen LogP contribution < -0.4 is 10.1 Å². The van der Waals surface area contributed by atoms with Gasteiger partial charge < -0.3 is 10.1 Å². The SMILES string of the molecule is CCN(CC)S(=O)(=O)c1ccc(Cl)c(C(=O)Nc2ccc(C)cc2OCc2ccccc2)c1. The fourth-order valence-corrected chi connectivity index (χ4v) is 5.02. The molecule has 0 bridgehead atoms. The summed E-state index contributed by atoms with van der Waals surface area (Å²) in [6, 6.07) is 19.3. The van der Waals surface area contributed by atoms with Crippen molar-refractivity contribution in [2.24, 2.45) is 0 Å². The van der Waals surface area contributed by atoms with Crippen LogP contribution in [0.15, 0.2) is 71.6 Å². The third kappa shape index (κ3) is 5.93. The molecule has 0 aliphatic carbocycles. The lowest BCUT2D eigenvalue weighted by atomic mass is 10.1. The van der Waals surface area contributed by atoms with E-state index in [1.165, 1.54) is 22.5 Å². The highest BCUT2D eigenvalue weighted by atomic mass is 35.5. The highest BCUT2D eigenvalue weighted by Crippen LogP contribution is 2.29. The quantitative estimate of drug-likeness (QED) is 0.432. The third-order valence-corrected chi connectivity index (χ3v) is 7.52. The average Bonchev–Trinajstić information content (AvgIpc) is 2.80. The Kier molecular flexibility index (Phi) is 8.13. The van der Waals surface area contributed by atoms with Crippen LogP contribution in [-0.2, 0) is 16.6 Å². The Balaban J connectivity index is 1.87. The largest absolute Gasteiger partial charge is 0.487 e. The van der Waals surface area contributed by atoms with Gasteiger partial charge in [-0.05, 0) is 48.4 Å². The molecule has 1 amide bonds. The Morgan fingerprint density at radius 2 is 1.70 bits per heavy atom. The predicted octanol–water partition coefficient (Wildman–Crippen LogP) is 5.51. The number of aryl methyl sites for hydroxylation is 1. The molecule has 6 nitrogen and oxygen atoms in total. The minimum absolute atomic E-state index is 0.0187. The summed E-state index contributed by atoms with van der Waals surface area (Å²) in [5.74, 6) is -0.0137. The van der Waals surface area contributed by atoms with E-state index in [2.05, 4.69) is 5.32 Å². The van der Waals surface area contributed by atoms with Gasteiger partial charge in [-0.25, -0.2) is 8.42 Å². The Hall–Kier alpha value is -2.87. The van der Waals surface area contributed by atoms with Crippen LogP contribution in [0.1, 0.15) is 35.3 Å². The van der Waals surface area contributed by atoms with E-state index >= 15 is 0 Å². The van der Waals surface area contributed by atoms with Gasteiger partial charge in [0.15, 0.2) is 0 Å². The van der Waals surface area contributed by atoms with Gasteiger partial charge in [0.25, 0.3) is 5.91 Å². The van der Waals surface area contributed by atoms with E-state index in [0.29, 0.717) is 31.1 Å². The zero-order chi connectivity index (χ0) is 24.0. The first kappa shape index (κ1) is 24.8. The van der Waals surface area contributed by atoms with Crippen LogP contribution in [0, 0.1) is 6.92 Å². The topological polar surface area (TPSA) is 75.7 Å². The van der Waals surface area contributed by atoms with E-state index in [-0.39, 0.29) is 15.5 Å². The Bertz CT molecular complexity index is 1230. The summed E-state index contributed by atoms with van der Waals surface area (Å²) < 4.78 is 33.0. The van der Waals surface area contributed by atoms with Gasteiger partial charge in [0, 0.05) is 13.1 Å². The number of hydrogen-bond donors (Lipinski definition) is 1. The van der Waals surface area contributed by atoms with E-state index in [1.54, 1.807) is 19.9 Å². The van der Waals surface area contributed by atoms with Crippen molar-refractivity contribution in [3.63, 3.8) is 0 Å². The van der Waals surface area contributed by atoms with Crippen molar-refractivity contribution in [3.05, 3.63) is 88.4 Å². The van der Waals surface area contributed by atoms with Crippen LogP contribution in [0.2, 0.25) is 5.02 Å².